The Kier molecular flexibility index (Phi) is 5.81. The summed E-state index contributed by atoms with van der Waals surface area (Å²) >= 11 is 0. The van der Waals surface area contributed by atoms with E-state index in [1.54, 1.807) is 0 Å². The van der Waals surface area contributed by atoms with E-state index < -0.39 is 5.54 Å². The van der Waals surface area contributed by atoms with Gasteiger partial charge < -0.3 is 9.47 Å². The van der Waals surface area contributed by atoms with Gasteiger partial charge in [0.1, 0.15) is 11.6 Å². The van der Waals surface area contributed by atoms with E-state index in [0.717, 1.165) is 75.1 Å². The fourth-order valence-electron chi connectivity index (χ4n) is 6.32. The highest BCUT2D eigenvalue weighted by Gasteiger charge is 2.66. The number of fused-ring (bicyclic) bond motifs is 3. The minimum Gasteiger partial charge on any atom is -0.493 e. The molecule has 5 heteroatoms. The van der Waals surface area contributed by atoms with Crippen LogP contribution in [0.25, 0.3) is 0 Å². The second kappa shape index (κ2) is 8.48. The molecule has 1 aromatic carbocycles. The van der Waals surface area contributed by atoms with E-state index in [-0.39, 0.29) is 11.3 Å². The van der Waals surface area contributed by atoms with Crippen LogP contribution < -0.4 is 4.74 Å². The van der Waals surface area contributed by atoms with Gasteiger partial charge in [0.05, 0.1) is 12.7 Å². The third kappa shape index (κ3) is 3.39. The number of nitrogens with zero attached hydrogens (tertiary/aromatic N) is 2. The number of methoxy groups -OCH3 is 1. The Morgan fingerprint density at radius 2 is 1.94 bits per heavy atom. The average Bonchev–Trinajstić information content (AvgIpc) is 3.55. The van der Waals surface area contributed by atoms with E-state index in [0.29, 0.717) is 18.6 Å². The number of carbonyl (C=O) groups excluding carboxylic acids is 1. The Morgan fingerprint density at radius 1 is 1.16 bits per heavy atom. The first-order chi connectivity index (χ1) is 15.6. The van der Waals surface area contributed by atoms with Crippen LogP contribution in [0.2, 0.25) is 0 Å². The number of ether oxygens (including phenoxy) is 2. The van der Waals surface area contributed by atoms with Crippen molar-refractivity contribution in [2.75, 3.05) is 20.3 Å². The van der Waals surface area contributed by atoms with Gasteiger partial charge in [-0.05, 0) is 87.5 Å². The van der Waals surface area contributed by atoms with Gasteiger partial charge in [-0.25, -0.2) is 0 Å². The number of unbranched alkanes of at least 4 members (excludes halogenated alkanes) is 1. The molecule has 1 aliphatic heterocycles. The van der Waals surface area contributed by atoms with Crippen LogP contribution in [0, 0.1) is 11.3 Å². The summed E-state index contributed by atoms with van der Waals surface area (Å²) in [5, 5.41) is 0. The first-order valence-electron chi connectivity index (χ1n) is 12.8. The standard InChI is InChI=1S/C27H38N2O3/c1-4-6-7-24-28-27(25(30)29(24)5-2)23-16-22(32-18-19-8-9-19)11-10-20(23)17-26(27)14-12-21(31-3)13-15-26/h10-11,16,19,21H,4-9,12-15,17-18H2,1-3H3. The monoisotopic (exact) mass is 438 g/mol. The predicted molar refractivity (Wildman–Crippen MR) is 126 cm³/mol. The van der Waals surface area contributed by atoms with Crippen LogP contribution in [-0.4, -0.2) is 43.0 Å². The minimum absolute atomic E-state index is 0.155. The molecule has 0 bridgehead atoms. The van der Waals surface area contributed by atoms with Gasteiger partial charge in [-0.3, -0.25) is 14.7 Å². The lowest BCUT2D eigenvalue weighted by Gasteiger charge is -2.45. The maximum atomic E-state index is 14.2. The Bertz CT molecular complexity index is 898. The first kappa shape index (κ1) is 21.9. The number of aliphatic imine (C=N–C) groups is 1. The molecular formula is C27H38N2O3. The third-order valence-corrected chi connectivity index (χ3v) is 8.41. The summed E-state index contributed by atoms with van der Waals surface area (Å²) in [4.78, 5) is 21.6. The van der Waals surface area contributed by atoms with Crippen LogP contribution in [-0.2, 0) is 21.5 Å². The lowest BCUT2D eigenvalue weighted by molar-refractivity contribution is -0.138. The van der Waals surface area contributed by atoms with Gasteiger partial charge in [-0.15, -0.1) is 0 Å². The van der Waals surface area contributed by atoms with Gasteiger partial charge in [0.15, 0.2) is 5.54 Å². The molecule has 1 unspecified atom stereocenters. The van der Waals surface area contributed by atoms with Crippen LogP contribution >= 0.6 is 0 Å². The predicted octanol–water partition coefficient (Wildman–Crippen LogP) is 5.25. The molecule has 0 saturated heterocycles. The second-order valence-corrected chi connectivity index (χ2v) is 10.4. The number of likely N-dealkylation sites (N-methyl/N-ethyl adjacent to an activating group) is 1. The summed E-state index contributed by atoms with van der Waals surface area (Å²) in [5.41, 5.74) is 1.44. The number of amides is 1. The zero-order chi connectivity index (χ0) is 22.3. The van der Waals surface area contributed by atoms with Crippen molar-refractivity contribution < 1.29 is 14.3 Å². The van der Waals surface area contributed by atoms with E-state index in [4.69, 9.17) is 14.5 Å². The summed E-state index contributed by atoms with van der Waals surface area (Å²) in [5.74, 6) is 2.78. The number of rotatable bonds is 8. The van der Waals surface area contributed by atoms with Crippen molar-refractivity contribution in [3.63, 3.8) is 0 Å². The number of benzene rings is 1. The Hall–Kier alpha value is -1.88. The van der Waals surface area contributed by atoms with Crippen molar-refractivity contribution in [2.24, 2.45) is 16.3 Å². The van der Waals surface area contributed by atoms with Gasteiger partial charge in [0.2, 0.25) is 0 Å². The largest absolute Gasteiger partial charge is 0.493 e. The lowest BCUT2D eigenvalue weighted by Crippen LogP contribution is -2.51. The van der Waals surface area contributed by atoms with E-state index in [1.807, 2.05) is 12.0 Å². The van der Waals surface area contributed by atoms with Crippen molar-refractivity contribution in [3.8, 4) is 5.75 Å². The van der Waals surface area contributed by atoms with Crippen LogP contribution in [0.15, 0.2) is 23.2 Å². The highest BCUT2D eigenvalue weighted by Crippen LogP contribution is 2.62. The maximum absolute atomic E-state index is 14.2. The molecular weight excluding hydrogens is 400 g/mol. The van der Waals surface area contributed by atoms with E-state index in [9.17, 15) is 4.79 Å². The molecule has 2 fully saturated rings. The van der Waals surface area contributed by atoms with Gasteiger partial charge in [0, 0.05) is 25.5 Å². The number of carbonyl (C=O) groups is 1. The molecule has 1 atom stereocenters. The van der Waals surface area contributed by atoms with Crippen LogP contribution in [0.3, 0.4) is 0 Å². The van der Waals surface area contributed by atoms with E-state index in [2.05, 4.69) is 32.0 Å². The zero-order valence-corrected chi connectivity index (χ0v) is 20.0. The van der Waals surface area contributed by atoms with E-state index >= 15 is 0 Å². The van der Waals surface area contributed by atoms with E-state index in [1.165, 1.54) is 18.4 Å². The maximum Gasteiger partial charge on any atom is 0.261 e. The van der Waals surface area contributed by atoms with Crippen molar-refractivity contribution in [3.05, 3.63) is 29.3 Å². The Morgan fingerprint density at radius 3 is 2.59 bits per heavy atom. The molecule has 0 aromatic heterocycles. The highest BCUT2D eigenvalue weighted by molar-refractivity contribution is 6.09. The molecule has 5 nitrogen and oxygen atoms in total. The van der Waals surface area contributed by atoms with Crippen LogP contribution in [0.4, 0.5) is 0 Å². The molecule has 1 heterocycles. The summed E-state index contributed by atoms with van der Waals surface area (Å²) < 4.78 is 11.8. The molecule has 4 aliphatic rings. The molecule has 32 heavy (non-hydrogen) atoms. The fraction of sp³-hybridized carbons (Fsp3) is 0.704. The molecule has 0 radical (unpaired) electrons. The minimum atomic E-state index is -0.793. The van der Waals surface area contributed by atoms with Crippen molar-refractivity contribution in [1.29, 1.82) is 0 Å². The van der Waals surface area contributed by atoms with Gasteiger partial charge in [-0.2, -0.15) is 0 Å². The van der Waals surface area contributed by atoms with Crippen molar-refractivity contribution >= 4 is 11.7 Å². The summed E-state index contributed by atoms with van der Waals surface area (Å²) in [6.45, 7) is 5.75. The molecule has 5 rings (SSSR count). The zero-order valence-electron chi connectivity index (χ0n) is 20.0. The van der Waals surface area contributed by atoms with Crippen molar-refractivity contribution in [1.82, 2.24) is 4.90 Å². The summed E-state index contributed by atoms with van der Waals surface area (Å²) in [6, 6.07) is 6.47. The topological polar surface area (TPSA) is 51.1 Å². The second-order valence-electron chi connectivity index (χ2n) is 10.4. The third-order valence-electron chi connectivity index (χ3n) is 8.41. The first-order valence-corrected chi connectivity index (χ1v) is 12.8. The van der Waals surface area contributed by atoms with Crippen molar-refractivity contribution in [2.45, 2.75) is 89.7 Å². The highest BCUT2D eigenvalue weighted by atomic mass is 16.5. The molecule has 3 aliphatic carbocycles. The molecule has 2 saturated carbocycles. The number of hydrogen-bond acceptors (Lipinski definition) is 4. The smallest absolute Gasteiger partial charge is 0.261 e. The van der Waals surface area contributed by atoms with Gasteiger partial charge in [-0.1, -0.05) is 19.4 Å². The van der Waals surface area contributed by atoms with Crippen LogP contribution in [0.5, 0.6) is 5.75 Å². The van der Waals surface area contributed by atoms with Gasteiger partial charge >= 0.3 is 0 Å². The Labute approximate surface area is 192 Å². The quantitative estimate of drug-likeness (QED) is 0.557. The molecule has 2 spiro atoms. The normalized spacial score (nSPS) is 31.5. The van der Waals surface area contributed by atoms with Crippen LogP contribution in [0.1, 0.15) is 82.8 Å². The number of hydrogen-bond donors (Lipinski definition) is 0. The fourth-order valence-corrected chi connectivity index (χ4v) is 6.32. The summed E-state index contributed by atoms with van der Waals surface area (Å²) in [7, 11) is 1.81. The SMILES string of the molecule is CCCCC1=NC2(C(=O)N1CC)c1cc(OCC3CC3)ccc1CC21CCC(OC)CC1. The van der Waals surface area contributed by atoms with Gasteiger partial charge in [0.25, 0.3) is 5.91 Å². The number of amidine groups is 1. The summed E-state index contributed by atoms with van der Waals surface area (Å²) in [6.07, 6.45) is 10.8. The lowest BCUT2D eigenvalue weighted by atomic mass is 9.61. The molecule has 1 aromatic rings. The average molecular weight is 439 g/mol. The molecule has 1 amide bonds. The molecule has 0 N–H and O–H groups in total. The molecule has 174 valence electrons. The Balaban J connectivity index is 1.58.